The molecule has 3 nitrogen and oxygen atoms in total. The lowest BCUT2D eigenvalue weighted by Gasteiger charge is -2.22. The van der Waals surface area contributed by atoms with Crippen molar-refractivity contribution in [3.63, 3.8) is 0 Å². The molecule has 1 rings (SSSR count). The molecule has 0 aliphatic heterocycles. The van der Waals surface area contributed by atoms with Gasteiger partial charge in [-0.15, -0.1) is 0 Å². The Morgan fingerprint density at radius 3 is 2.80 bits per heavy atom. The van der Waals surface area contributed by atoms with Crippen LogP contribution in [0.2, 0.25) is 0 Å². The molecule has 0 radical (unpaired) electrons. The van der Waals surface area contributed by atoms with Gasteiger partial charge in [0.15, 0.2) is 0 Å². The molecule has 1 aromatic heterocycles. The van der Waals surface area contributed by atoms with Crippen molar-refractivity contribution >= 4 is 0 Å². The lowest BCUT2D eigenvalue weighted by atomic mass is 9.95. The third kappa shape index (κ3) is 4.06. The summed E-state index contributed by atoms with van der Waals surface area (Å²) in [6.07, 6.45) is 3.88. The third-order valence-electron chi connectivity index (χ3n) is 2.48. The highest BCUT2D eigenvalue weighted by molar-refractivity contribution is 5.14. The molecule has 86 valence electrons. The van der Waals surface area contributed by atoms with E-state index in [4.69, 9.17) is 4.42 Å². The molecule has 1 heterocycles. The van der Waals surface area contributed by atoms with Crippen LogP contribution in [-0.4, -0.2) is 18.2 Å². The van der Waals surface area contributed by atoms with Gasteiger partial charge in [-0.05, 0) is 38.4 Å². The lowest BCUT2D eigenvalue weighted by Crippen LogP contribution is -2.29. The van der Waals surface area contributed by atoms with Gasteiger partial charge in [-0.25, -0.2) is 0 Å². The molecule has 0 aromatic carbocycles. The number of aliphatic hydroxyl groups is 1. The Morgan fingerprint density at radius 2 is 2.27 bits per heavy atom. The van der Waals surface area contributed by atoms with Gasteiger partial charge >= 0.3 is 0 Å². The van der Waals surface area contributed by atoms with Gasteiger partial charge in [0, 0.05) is 5.56 Å². The van der Waals surface area contributed by atoms with Gasteiger partial charge in [-0.2, -0.15) is 0 Å². The Kier molecular flexibility index (Phi) is 4.36. The van der Waals surface area contributed by atoms with E-state index < -0.39 is 5.60 Å². The van der Waals surface area contributed by atoms with E-state index in [1.54, 1.807) is 12.5 Å². The van der Waals surface area contributed by atoms with Gasteiger partial charge in [0.25, 0.3) is 0 Å². The maximum atomic E-state index is 10.1. The SMILES string of the molecule is CC(C)CNCCC(C)(O)c1ccoc1. The smallest absolute Gasteiger partial charge is 0.0963 e. The van der Waals surface area contributed by atoms with Crippen LogP contribution in [-0.2, 0) is 5.60 Å². The first-order valence-corrected chi connectivity index (χ1v) is 5.48. The van der Waals surface area contributed by atoms with E-state index in [9.17, 15) is 5.11 Å². The maximum Gasteiger partial charge on any atom is 0.0963 e. The standard InChI is InChI=1S/C12H21NO2/c1-10(2)8-13-6-5-12(3,14)11-4-7-15-9-11/h4,7,9-10,13-14H,5-6,8H2,1-3H3. The second-order valence-corrected chi connectivity index (χ2v) is 4.63. The van der Waals surface area contributed by atoms with Crippen LogP contribution < -0.4 is 5.32 Å². The first kappa shape index (κ1) is 12.3. The van der Waals surface area contributed by atoms with Crippen molar-refractivity contribution in [3.05, 3.63) is 24.2 Å². The molecule has 15 heavy (non-hydrogen) atoms. The summed E-state index contributed by atoms with van der Waals surface area (Å²) in [5.41, 5.74) is 0.0469. The Balaban J connectivity index is 2.31. The van der Waals surface area contributed by atoms with E-state index >= 15 is 0 Å². The minimum atomic E-state index is -0.795. The van der Waals surface area contributed by atoms with E-state index in [1.807, 2.05) is 13.0 Å². The minimum absolute atomic E-state index is 0.642. The van der Waals surface area contributed by atoms with Gasteiger partial charge < -0.3 is 14.8 Å². The van der Waals surface area contributed by atoms with E-state index in [-0.39, 0.29) is 0 Å². The highest BCUT2D eigenvalue weighted by Gasteiger charge is 2.23. The van der Waals surface area contributed by atoms with Crippen LogP contribution in [0.15, 0.2) is 23.0 Å². The van der Waals surface area contributed by atoms with Crippen molar-refractivity contribution < 1.29 is 9.52 Å². The molecular formula is C12H21NO2. The predicted octanol–water partition coefficient (Wildman–Crippen LogP) is 2.12. The highest BCUT2D eigenvalue weighted by atomic mass is 16.3. The summed E-state index contributed by atoms with van der Waals surface area (Å²) in [5.74, 6) is 0.642. The van der Waals surface area contributed by atoms with Crippen molar-refractivity contribution in [3.8, 4) is 0 Å². The number of hydrogen-bond donors (Lipinski definition) is 2. The van der Waals surface area contributed by atoms with Crippen LogP contribution >= 0.6 is 0 Å². The summed E-state index contributed by atoms with van der Waals surface area (Å²) in [7, 11) is 0. The van der Waals surface area contributed by atoms with E-state index in [0.717, 1.165) is 18.7 Å². The molecule has 2 N–H and O–H groups in total. The summed E-state index contributed by atoms with van der Waals surface area (Å²) in [4.78, 5) is 0. The first-order valence-electron chi connectivity index (χ1n) is 5.48. The van der Waals surface area contributed by atoms with Crippen LogP contribution in [0, 0.1) is 5.92 Å². The Hall–Kier alpha value is -0.800. The summed E-state index contributed by atoms with van der Waals surface area (Å²) < 4.78 is 4.96. The van der Waals surface area contributed by atoms with Crippen molar-refractivity contribution in [1.82, 2.24) is 5.32 Å². The third-order valence-corrected chi connectivity index (χ3v) is 2.48. The van der Waals surface area contributed by atoms with Crippen molar-refractivity contribution in [2.45, 2.75) is 32.8 Å². The number of hydrogen-bond acceptors (Lipinski definition) is 3. The zero-order valence-corrected chi connectivity index (χ0v) is 9.79. The van der Waals surface area contributed by atoms with Gasteiger partial charge in [-0.1, -0.05) is 13.8 Å². The largest absolute Gasteiger partial charge is 0.472 e. The molecule has 1 aromatic rings. The summed E-state index contributed by atoms with van der Waals surface area (Å²) >= 11 is 0. The summed E-state index contributed by atoms with van der Waals surface area (Å²) in [6.45, 7) is 7.95. The van der Waals surface area contributed by atoms with Crippen LogP contribution in [0.3, 0.4) is 0 Å². The second kappa shape index (κ2) is 5.33. The van der Waals surface area contributed by atoms with Gasteiger partial charge in [0.2, 0.25) is 0 Å². The van der Waals surface area contributed by atoms with Gasteiger partial charge in [0.1, 0.15) is 0 Å². The average molecular weight is 211 g/mol. The molecular weight excluding hydrogens is 190 g/mol. The number of nitrogens with one attached hydrogen (secondary N) is 1. The molecule has 3 heteroatoms. The second-order valence-electron chi connectivity index (χ2n) is 4.63. The molecule has 0 saturated heterocycles. The van der Waals surface area contributed by atoms with Crippen LogP contribution in [0.25, 0.3) is 0 Å². The fourth-order valence-electron chi connectivity index (χ4n) is 1.44. The van der Waals surface area contributed by atoms with Crippen molar-refractivity contribution in [2.24, 2.45) is 5.92 Å². The van der Waals surface area contributed by atoms with E-state index in [2.05, 4.69) is 19.2 Å². The number of rotatable bonds is 6. The highest BCUT2D eigenvalue weighted by Crippen LogP contribution is 2.23. The zero-order valence-electron chi connectivity index (χ0n) is 9.79. The van der Waals surface area contributed by atoms with E-state index in [1.165, 1.54) is 0 Å². The molecule has 0 amide bonds. The summed E-state index contributed by atoms with van der Waals surface area (Å²) in [5, 5.41) is 13.5. The van der Waals surface area contributed by atoms with Crippen LogP contribution in [0.5, 0.6) is 0 Å². The molecule has 0 aliphatic rings. The molecule has 0 spiro atoms. The molecule has 0 saturated carbocycles. The monoisotopic (exact) mass is 211 g/mol. The van der Waals surface area contributed by atoms with E-state index in [0.29, 0.717) is 12.3 Å². The maximum absolute atomic E-state index is 10.1. The Labute approximate surface area is 91.5 Å². The van der Waals surface area contributed by atoms with Gasteiger partial charge in [-0.3, -0.25) is 0 Å². The Bertz CT molecular complexity index is 265. The first-order chi connectivity index (χ1) is 7.02. The van der Waals surface area contributed by atoms with Crippen molar-refractivity contribution in [2.75, 3.05) is 13.1 Å². The van der Waals surface area contributed by atoms with Crippen LogP contribution in [0.1, 0.15) is 32.8 Å². The van der Waals surface area contributed by atoms with Gasteiger partial charge in [0.05, 0.1) is 18.1 Å². The zero-order chi connectivity index (χ0) is 11.3. The fourth-order valence-corrected chi connectivity index (χ4v) is 1.44. The quantitative estimate of drug-likeness (QED) is 0.708. The van der Waals surface area contributed by atoms with Crippen molar-refractivity contribution in [1.29, 1.82) is 0 Å². The molecule has 0 bridgehead atoms. The fraction of sp³-hybridized carbons (Fsp3) is 0.667. The molecule has 1 unspecified atom stereocenters. The molecule has 1 atom stereocenters. The topological polar surface area (TPSA) is 45.4 Å². The minimum Gasteiger partial charge on any atom is -0.472 e. The normalized spacial score (nSPS) is 15.5. The number of furan rings is 1. The predicted molar refractivity (Wildman–Crippen MR) is 60.6 cm³/mol. The average Bonchev–Trinajstić information content (AvgIpc) is 2.65. The molecule has 0 aliphatic carbocycles. The summed E-state index contributed by atoms with van der Waals surface area (Å²) in [6, 6.07) is 1.81. The lowest BCUT2D eigenvalue weighted by molar-refractivity contribution is 0.0472. The Morgan fingerprint density at radius 1 is 1.53 bits per heavy atom. The molecule has 0 fully saturated rings. The van der Waals surface area contributed by atoms with Crippen LogP contribution in [0.4, 0.5) is 0 Å².